The average Bonchev–Trinajstić information content (AvgIpc) is 1.88. The van der Waals surface area contributed by atoms with Crippen molar-refractivity contribution >= 4 is 15.9 Å². The van der Waals surface area contributed by atoms with Gasteiger partial charge in [0, 0.05) is 22.9 Å². The SMILES string of the molecule is Cc1cc(Br)c(CN)cn1. The molecule has 0 saturated carbocycles. The molecule has 2 nitrogen and oxygen atoms in total. The van der Waals surface area contributed by atoms with Crippen LogP contribution in [0.1, 0.15) is 11.3 Å². The number of nitrogens with zero attached hydrogens (tertiary/aromatic N) is 1. The number of hydrogen-bond donors (Lipinski definition) is 1. The van der Waals surface area contributed by atoms with Gasteiger partial charge in [-0.3, -0.25) is 4.98 Å². The van der Waals surface area contributed by atoms with Crippen LogP contribution in [0.3, 0.4) is 0 Å². The van der Waals surface area contributed by atoms with Gasteiger partial charge in [-0.25, -0.2) is 0 Å². The smallest absolute Gasteiger partial charge is 0.0384 e. The van der Waals surface area contributed by atoms with E-state index in [9.17, 15) is 0 Å². The summed E-state index contributed by atoms with van der Waals surface area (Å²) < 4.78 is 1.04. The third kappa shape index (κ3) is 1.55. The topological polar surface area (TPSA) is 38.9 Å². The summed E-state index contributed by atoms with van der Waals surface area (Å²) in [6, 6.07) is 1.96. The van der Waals surface area contributed by atoms with Gasteiger partial charge in [0.2, 0.25) is 0 Å². The molecule has 0 bridgehead atoms. The van der Waals surface area contributed by atoms with Gasteiger partial charge in [-0.1, -0.05) is 15.9 Å². The lowest BCUT2D eigenvalue weighted by Crippen LogP contribution is -1.98. The number of rotatable bonds is 1. The highest BCUT2D eigenvalue weighted by Crippen LogP contribution is 2.15. The van der Waals surface area contributed by atoms with Gasteiger partial charge in [-0.2, -0.15) is 0 Å². The Balaban J connectivity index is 3.07. The van der Waals surface area contributed by atoms with Gasteiger partial charge >= 0.3 is 0 Å². The van der Waals surface area contributed by atoms with Crippen LogP contribution in [0.25, 0.3) is 0 Å². The molecule has 0 radical (unpaired) electrons. The number of pyridine rings is 1. The predicted molar refractivity (Wildman–Crippen MR) is 44.6 cm³/mol. The highest BCUT2D eigenvalue weighted by Gasteiger charge is 1.96. The van der Waals surface area contributed by atoms with Gasteiger partial charge in [0.1, 0.15) is 0 Å². The molecule has 1 aromatic rings. The van der Waals surface area contributed by atoms with E-state index in [0.717, 1.165) is 15.7 Å². The molecule has 0 amide bonds. The molecule has 0 atom stereocenters. The number of aromatic nitrogens is 1. The van der Waals surface area contributed by atoms with Crippen LogP contribution in [0.4, 0.5) is 0 Å². The molecule has 1 heterocycles. The largest absolute Gasteiger partial charge is 0.326 e. The van der Waals surface area contributed by atoms with Crippen molar-refractivity contribution in [2.45, 2.75) is 13.5 Å². The van der Waals surface area contributed by atoms with Crippen molar-refractivity contribution in [3.05, 3.63) is 28.0 Å². The Kier molecular flexibility index (Phi) is 2.40. The van der Waals surface area contributed by atoms with Crippen LogP contribution in [-0.4, -0.2) is 4.98 Å². The maximum atomic E-state index is 5.43. The Hall–Kier alpha value is -0.410. The molecule has 0 aliphatic rings. The zero-order chi connectivity index (χ0) is 7.56. The summed E-state index contributed by atoms with van der Waals surface area (Å²) in [4.78, 5) is 4.10. The fraction of sp³-hybridized carbons (Fsp3) is 0.286. The van der Waals surface area contributed by atoms with E-state index in [4.69, 9.17) is 5.73 Å². The van der Waals surface area contributed by atoms with Gasteiger partial charge in [-0.15, -0.1) is 0 Å². The Bertz CT molecular complexity index is 235. The Labute approximate surface area is 68.6 Å². The first-order valence-corrected chi connectivity index (χ1v) is 3.84. The van der Waals surface area contributed by atoms with Crippen LogP contribution in [-0.2, 0) is 6.54 Å². The molecule has 1 aromatic heterocycles. The maximum absolute atomic E-state index is 5.43. The molecule has 0 saturated heterocycles. The Morgan fingerprint density at radius 1 is 1.70 bits per heavy atom. The van der Waals surface area contributed by atoms with Crippen molar-refractivity contribution in [2.75, 3.05) is 0 Å². The molecule has 10 heavy (non-hydrogen) atoms. The van der Waals surface area contributed by atoms with E-state index in [1.807, 2.05) is 13.0 Å². The summed E-state index contributed by atoms with van der Waals surface area (Å²) in [5.41, 5.74) is 7.48. The fourth-order valence-corrected chi connectivity index (χ4v) is 1.30. The molecule has 1 rings (SSSR count). The second-order valence-corrected chi connectivity index (χ2v) is 2.98. The van der Waals surface area contributed by atoms with E-state index in [0.29, 0.717) is 6.54 Å². The number of halogens is 1. The van der Waals surface area contributed by atoms with Crippen LogP contribution in [0, 0.1) is 6.92 Å². The monoisotopic (exact) mass is 200 g/mol. The summed E-state index contributed by atoms with van der Waals surface area (Å²) >= 11 is 3.39. The van der Waals surface area contributed by atoms with Crippen LogP contribution in [0.15, 0.2) is 16.7 Å². The minimum Gasteiger partial charge on any atom is -0.326 e. The first-order valence-electron chi connectivity index (χ1n) is 3.05. The summed E-state index contributed by atoms with van der Waals surface area (Å²) in [6.07, 6.45) is 1.79. The lowest BCUT2D eigenvalue weighted by atomic mass is 10.2. The van der Waals surface area contributed by atoms with Gasteiger partial charge in [0.05, 0.1) is 0 Å². The van der Waals surface area contributed by atoms with E-state index in [-0.39, 0.29) is 0 Å². The van der Waals surface area contributed by atoms with Crippen molar-refractivity contribution in [1.29, 1.82) is 0 Å². The fourth-order valence-electron chi connectivity index (χ4n) is 0.705. The number of aryl methyl sites for hydroxylation is 1. The van der Waals surface area contributed by atoms with Crippen LogP contribution < -0.4 is 5.73 Å². The molecule has 0 aliphatic heterocycles. The summed E-state index contributed by atoms with van der Waals surface area (Å²) in [7, 11) is 0. The molecule has 0 spiro atoms. The summed E-state index contributed by atoms with van der Waals surface area (Å²) in [5.74, 6) is 0. The lowest BCUT2D eigenvalue weighted by Gasteiger charge is -1.99. The highest BCUT2D eigenvalue weighted by molar-refractivity contribution is 9.10. The minimum atomic E-state index is 0.536. The van der Waals surface area contributed by atoms with Crippen molar-refractivity contribution in [3.8, 4) is 0 Å². The molecule has 0 aromatic carbocycles. The van der Waals surface area contributed by atoms with Crippen molar-refractivity contribution in [2.24, 2.45) is 5.73 Å². The zero-order valence-electron chi connectivity index (χ0n) is 5.76. The van der Waals surface area contributed by atoms with Crippen molar-refractivity contribution < 1.29 is 0 Å². The second-order valence-electron chi connectivity index (χ2n) is 2.12. The maximum Gasteiger partial charge on any atom is 0.0384 e. The van der Waals surface area contributed by atoms with E-state index >= 15 is 0 Å². The quantitative estimate of drug-likeness (QED) is 0.749. The van der Waals surface area contributed by atoms with Gasteiger partial charge in [-0.05, 0) is 18.6 Å². The van der Waals surface area contributed by atoms with Crippen LogP contribution in [0.5, 0.6) is 0 Å². The highest BCUT2D eigenvalue weighted by atomic mass is 79.9. The molecular formula is C7H9BrN2. The first kappa shape index (κ1) is 7.69. The van der Waals surface area contributed by atoms with Crippen LogP contribution in [0.2, 0.25) is 0 Å². The van der Waals surface area contributed by atoms with E-state index < -0.39 is 0 Å². The van der Waals surface area contributed by atoms with Gasteiger partial charge < -0.3 is 5.73 Å². The normalized spacial score (nSPS) is 9.90. The summed E-state index contributed by atoms with van der Waals surface area (Å²) in [6.45, 7) is 2.49. The van der Waals surface area contributed by atoms with Crippen molar-refractivity contribution in [1.82, 2.24) is 4.98 Å². The van der Waals surface area contributed by atoms with Crippen LogP contribution >= 0.6 is 15.9 Å². The first-order chi connectivity index (χ1) is 4.74. The Morgan fingerprint density at radius 3 is 2.90 bits per heavy atom. The van der Waals surface area contributed by atoms with Gasteiger partial charge in [0.25, 0.3) is 0 Å². The minimum absolute atomic E-state index is 0.536. The molecule has 54 valence electrons. The van der Waals surface area contributed by atoms with E-state index in [2.05, 4.69) is 20.9 Å². The average molecular weight is 201 g/mol. The summed E-state index contributed by atoms with van der Waals surface area (Å²) in [5, 5.41) is 0. The van der Waals surface area contributed by atoms with Gasteiger partial charge in [0.15, 0.2) is 0 Å². The second kappa shape index (κ2) is 3.12. The predicted octanol–water partition coefficient (Wildman–Crippen LogP) is 1.61. The van der Waals surface area contributed by atoms with E-state index in [1.54, 1.807) is 6.20 Å². The third-order valence-electron chi connectivity index (χ3n) is 1.29. The molecule has 0 unspecified atom stereocenters. The standard InChI is InChI=1S/C7H9BrN2/c1-5-2-7(8)6(3-9)4-10-5/h2,4H,3,9H2,1H3. The van der Waals surface area contributed by atoms with E-state index in [1.165, 1.54) is 0 Å². The zero-order valence-corrected chi connectivity index (χ0v) is 7.35. The third-order valence-corrected chi connectivity index (χ3v) is 2.02. The number of hydrogen-bond acceptors (Lipinski definition) is 2. The molecule has 0 aliphatic carbocycles. The molecule has 0 fully saturated rings. The Morgan fingerprint density at radius 2 is 2.40 bits per heavy atom. The molecule has 2 N–H and O–H groups in total. The lowest BCUT2D eigenvalue weighted by molar-refractivity contribution is 1.02. The number of nitrogens with two attached hydrogens (primary N) is 1. The molecule has 3 heteroatoms. The molecular weight excluding hydrogens is 192 g/mol. The van der Waals surface area contributed by atoms with Crippen molar-refractivity contribution in [3.63, 3.8) is 0 Å².